The first-order valence-electron chi connectivity index (χ1n) is 8.73. The lowest BCUT2D eigenvalue weighted by atomic mass is 10.00. The van der Waals surface area contributed by atoms with E-state index in [0.717, 1.165) is 12.1 Å². The van der Waals surface area contributed by atoms with E-state index in [2.05, 4.69) is 10.6 Å². The first-order valence-corrected chi connectivity index (χ1v) is 8.73. The molecule has 1 saturated heterocycles. The third-order valence-electron chi connectivity index (χ3n) is 4.73. The molecule has 2 amide bonds. The van der Waals surface area contributed by atoms with E-state index in [1.54, 1.807) is 30.3 Å². The van der Waals surface area contributed by atoms with Crippen LogP contribution in [0.3, 0.4) is 0 Å². The summed E-state index contributed by atoms with van der Waals surface area (Å²) in [6, 6.07) is 11.9. The minimum absolute atomic E-state index is 0.154. The van der Waals surface area contributed by atoms with Gasteiger partial charge in [0, 0.05) is 18.2 Å². The Bertz CT molecular complexity index is 829. The predicted octanol–water partition coefficient (Wildman–Crippen LogP) is 2.26. The highest BCUT2D eigenvalue weighted by atomic mass is 19.2. The summed E-state index contributed by atoms with van der Waals surface area (Å²) in [6.07, 6.45) is 0.679. The van der Waals surface area contributed by atoms with Gasteiger partial charge in [-0.3, -0.25) is 14.5 Å². The molecule has 2 atom stereocenters. The van der Waals surface area contributed by atoms with Gasteiger partial charge in [-0.05, 0) is 43.3 Å². The molecule has 7 heteroatoms. The van der Waals surface area contributed by atoms with Gasteiger partial charge in [0.15, 0.2) is 11.6 Å². The van der Waals surface area contributed by atoms with Gasteiger partial charge in [0.05, 0.1) is 12.6 Å². The molecule has 0 unspecified atom stereocenters. The van der Waals surface area contributed by atoms with E-state index >= 15 is 0 Å². The fraction of sp³-hybridized carbons (Fsp3) is 0.300. The van der Waals surface area contributed by atoms with Gasteiger partial charge in [0.25, 0.3) is 5.91 Å². The normalized spacial score (nSPS) is 19.7. The first-order chi connectivity index (χ1) is 13.0. The van der Waals surface area contributed by atoms with Crippen LogP contribution in [0.15, 0.2) is 48.5 Å². The van der Waals surface area contributed by atoms with Crippen LogP contribution in [-0.2, 0) is 4.79 Å². The summed E-state index contributed by atoms with van der Waals surface area (Å²) < 4.78 is 26.8. The minimum Gasteiger partial charge on any atom is -0.350 e. The summed E-state index contributed by atoms with van der Waals surface area (Å²) in [7, 11) is 1.87. The highest BCUT2D eigenvalue weighted by Crippen LogP contribution is 2.31. The van der Waals surface area contributed by atoms with Crippen LogP contribution in [0.5, 0.6) is 0 Å². The molecule has 0 spiro atoms. The van der Waals surface area contributed by atoms with Crippen LogP contribution in [0.2, 0.25) is 0 Å². The first kappa shape index (κ1) is 19.0. The van der Waals surface area contributed by atoms with E-state index < -0.39 is 11.6 Å². The molecule has 3 rings (SSSR count). The zero-order valence-electron chi connectivity index (χ0n) is 14.9. The Morgan fingerprint density at radius 3 is 2.56 bits per heavy atom. The SMILES string of the molecule is CN1CC[C@@H](NC(=O)CNC(=O)c2ccccc2)[C@@H]1c1ccc(F)c(F)c1. The standard InChI is InChI=1S/C20H21F2N3O2/c1-25-10-9-17(19(25)14-7-8-15(21)16(22)11-14)24-18(26)12-23-20(27)13-5-3-2-4-6-13/h2-8,11,17,19H,9-10,12H2,1H3,(H,23,27)(H,24,26)/t17-,19+/m1/s1. The van der Waals surface area contributed by atoms with Gasteiger partial charge in [-0.2, -0.15) is 0 Å². The van der Waals surface area contributed by atoms with Crippen molar-refractivity contribution in [2.24, 2.45) is 0 Å². The van der Waals surface area contributed by atoms with Gasteiger partial charge >= 0.3 is 0 Å². The maximum atomic E-state index is 13.6. The van der Waals surface area contributed by atoms with Gasteiger partial charge in [-0.15, -0.1) is 0 Å². The summed E-state index contributed by atoms with van der Waals surface area (Å²) in [5, 5.41) is 5.47. The molecule has 0 saturated carbocycles. The molecule has 0 radical (unpaired) electrons. The van der Waals surface area contributed by atoms with Crippen LogP contribution in [0.25, 0.3) is 0 Å². The quantitative estimate of drug-likeness (QED) is 0.845. The fourth-order valence-electron chi connectivity index (χ4n) is 3.39. The van der Waals surface area contributed by atoms with E-state index in [-0.39, 0.29) is 30.4 Å². The number of hydrogen-bond donors (Lipinski definition) is 2. The van der Waals surface area contributed by atoms with Crippen LogP contribution in [0, 0.1) is 11.6 Å². The summed E-state index contributed by atoms with van der Waals surface area (Å²) >= 11 is 0. The molecular weight excluding hydrogens is 352 g/mol. The summed E-state index contributed by atoms with van der Waals surface area (Å²) in [5.74, 6) is -2.46. The van der Waals surface area contributed by atoms with Crippen LogP contribution < -0.4 is 10.6 Å². The molecule has 1 heterocycles. The number of amides is 2. The highest BCUT2D eigenvalue weighted by molar-refractivity contribution is 5.96. The molecule has 1 fully saturated rings. The van der Waals surface area contributed by atoms with Gasteiger partial charge < -0.3 is 10.6 Å². The van der Waals surface area contributed by atoms with Crippen molar-refractivity contribution in [1.29, 1.82) is 0 Å². The molecule has 27 heavy (non-hydrogen) atoms. The number of carbonyl (C=O) groups excluding carboxylic acids is 2. The molecule has 0 aliphatic carbocycles. The lowest BCUT2D eigenvalue weighted by Gasteiger charge is -2.26. The van der Waals surface area contributed by atoms with Gasteiger partial charge in [-0.25, -0.2) is 8.78 Å². The molecule has 0 aromatic heterocycles. The highest BCUT2D eigenvalue weighted by Gasteiger charge is 2.34. The largest absolute Gasteiger partial charge is 0.350 e. The van der Waals surface area contributed by atoms with E-state index in [0.29, 0.717) is 24.1 Å². The van der Waals surface area contributed by atoms with Gasteiger partial charge in [0.1, 0.15) is 0 Å². The third kappa shape index (κ3) is 4.49. The summed E-state index contributed by atoms with van der Waals surface area (Å²) in [6.45, 7) is 0.559. The van der Waals surface area contributed by atoms with Crippen molar-refractivity contribution in [3.63, 3.8) is 0 Å². The summed E-state index contributed by atoms with van der Waals surface area (Å²) in [5.41, 5.74) is 1.08. The number of benzene rings is 2. The Morgan fingerprint density at radius 2 is 1.85 bits per heavy atom. The van der Waals surface area contributed by atoms with E-state index in [1.807, 2.05) is 11.9 Å². The van der Waals surface area contributed by atoms with Gasteiger partial charge in [0.2, 0.25) is 5.91 Å². The Kier molecular flexibility index (Phi) is 5.81. The number of likely N-dealkylation sites (tertiary alicyclic amines) is 1. The topological polar surface area (TPSA) is 61.4 Å². The van der Waals surface area contributed by atoms with Crippen molar-refractivity contribution in [1.82, 2.24) is 15.5 Å². The van der Waals surface area contributed by atoms with Crippen molar-refractivity contribution in [2.75, 3.05) is 20.1 Å². The maximum absolute atomic E-state index is 13.6. The Labute approximate surface area is 156 Å². The summed E-state index contributed by atoms with van der Waals surface area (Å²) in [4.78, 5) is 26.3. The minimum atomic E-state index is -0.909. The maximum Gasteiger partial charge on any atom is 0.251 e. The molecule has 2 N–H and O–H groups in total. The Balaban J connectivity index is 1.60. The smallest absolute Gasteiger partial charge is 0.251 e. The molecule has 5 nitrogen and oxygen atoms in total. The van der Waals surface area contributed by atoms with Crippen molar-refractivity contribution < 1.29 is 18.4 Å². The monoisotopic (exact) mass is 373 g/mol. The van der Waals surface area contributed by atoms with Crippen molar-refractivity contribution >= 4 is 11.8 Å². The molecule has 0 bridgehead atoms. The predicted molar refractivity (Wildman–Crippen MR) is 97.1 cm³/mol. The van der Waals surface area contributed by atoms with Crippen LogP contribution in [0.1, 0.15) is 28.4 Å². The molecular formula is C20H21F2N3O2. The second-order valence-electron chi connectivity index (χ2n) is 6.61. The molecule has 1 aliphatic rings. The lowest BCUT2D eigenvalue weighted by molar-refractivity contribution is -0.121. The van der Waals surface area contributed by atoms with Crippen molar-refractivity contribution in [3.8, 4) is 0 Å². The number of nitrogens with zero attached hydrogens (tertiary/aromatic N) is 1. The Hall–Kier alpha value is -2.80. The van der Waals surface area contributed by atoms with Crippen molar-refractivity contribution in [2.45, 2.75) is 18.5 Å². The van der Waals surface area contributed by atoms with Crippen LogP contribution >= 0.6 is 0 Å². The number of rotatable bonds is 5. The molecule has 1 aliphatic heterocycles. The molecule has 2 aromatic rings. The lowest BCUT2D eigenvalue weighted by Crippen LogP contribution is -2.44. The number of likely N-dealkylation sites (N-methyl/N-ethyl adjacent to an activating group) is 1. The van der Waals surface area contributed by atoms with Gasteiger partial charge in [-0.1, -0.05) is 24.3 Å². The fourth-order valence-corrected chi connectivity index (χ4v) is 3.39. The van der Waals surface area contributed by atoms with E-state index in [1.165, 1.54) is 6.07 Å². The molecule has 2 aromatic carbocycles. The number of nitrogens with one attached hydrogen (secondary N) is 2. The number of carbonyl (C=O) groups is 2. The van der Waals surface area contributed by atoms with Crippen LogP contribution in [-0.4, -0.2) is 42.9 Å². The third-order valence-corrected chi connectivity index (χ3v) is 4.73. The Morgan fingerprint density at radius 1 is 1.11 bits per heavy atom. The molecule has 142 valence electrons. The van der Waals surface area contributed by atoms with E-state index in [4.69, 9.17) is 0 Å². The average Bonchev–Trinajstić information content (AvgIpc) is 3.03. The number of hydrogen-bond acceptors (Lipinski definition) is 3. The zero-order valence-corrected chi connectivity index (χ0v) is 14.9. The van der Waals surface area contributed by atoms with Crippen molar-refractivity contribution in [3.05, 3.63) is 71.3 Å². The number of halogens is 2. The van der Waals surface area contributed by atoms with Crippen LogP contribution in [0.4, 0.5) is 8.78 Å². The average molecular weight is 373 g/mol. The second kappa shape index (κ2) is 8.26. The zero-order chi connectivity index (χ0) is 19.4. The second-order valence-corrected chi connectivity index (χ2v) is 6.61. The van der Waals surface area contributed by atoms with E-state index in [9.17, 15) is 18.4 Å².